The minimum Gasteiger partial charge on any atom is -0.371 e. The van der Waals surface area contributed by atoms with Crippen molar-refractivity contribution in [3.05, 3.63) is 52.5 Å². The second-order valence-electron chi connectivity index (χ2n) is 6.72. The van der Waals surface area contributed by atoms with Gasteiger partial charge in [-0.15, -0.1) is 0 Å². The largest absolute Gasteiger partial charge is 0.371 e. The zero-order valence-corrected chi connectivity index (χ0v) is 16.2. The minimum atomic E-state index is -0.0330. The Hall–Kier alpha value is -2.67. The van der Waals surface area contributed by atoms with Gasteiger partial charge in [0.05, 0.1) is 5.52 Å². The number of aromatic nitrogens is 2. The molecule has 1 saturated heterocycles. The molecule has 27 heavy (non-hydrogen) atoms. The molecule has 6 nitrogen and oxygen atoms in total. The molecule has 1 aliphatic heterocycles. The van der Waals surface area contributed by atoms with Crippen LogP contribution in [0.25, 0.3) is 10.9 Å². The van der Waals surface area contributed by atoms with E-state index in [1.807, 2.05) is 42.5 Å². The van der Waals surface area contributed by atoms with Crippen molar-refractivity contribution in [2.24, 2.45) is 5.92 Å². The molecule has 2 aromatic carbocycles. The van der Waals surface area contributed by atoms with E-state index in [2.05, 4.69) is 36.3 Å². The van der Waals surface area contributed by atoms with Crippen LogP contribution >= 0.6 is 15.9 Å². The molecule has 2 N–H and O–H groups in total. The number of rotatable bonds is 4. The van der Waals surface area contributed by atoms with Gasteiger partial charge in [-0.3, -0.25) is 14.7 Å². The summed E-state index contributed by atoms with van der Waals surface area (Å²) in [6.45, 7) is 1.62. The van der Waals surface area contributed by atoms with Crippen LogP contribution in [-0.4, -0.2) is 35.5 Å². The third-order valence-electron chi connectivity index (χ3n) is 5.03. The topological polar surface area (TPSA) is 78.1 Å². The average Bonchev–Trinajstić information content (AvgIpc) is 3.10. The zero-order chi connectivity index (χ0) is 18.8. The Labute approximate surface area is 165 Å². The van der Waals surface area contributed by atoms with E-state index in [4.69, 9.17) is 0 Å². The highest BCUT2D eigenvalue weighted by atomic mass is 79.9. The van der Waals surface area contributed by atoms with Gasteiger partial charge in [-0.25, -0.2) is 0 Å². The van der Waals surface area contributed by atoms with Gasteiger partial charge in [0.25, 0.3) is 0 Å². The molecule has 0 bridgehead atoms. The number of aromatic amines is 1. The summed E-state index contributed by atoms with van der Waals surface area (Å²) in [4.78, 5) is 25.7. The van der Waals surface area contributed by atoms with Crippen LogP contribution in [0.4, 0.5) is 11.5 Å². The summed E-state index contributed by atoms with van der Waals surface area (Å²) >= 11 is 3.45. The van der Waals surface area contributed by atoms with Gasteiger partial charge in [-0.2, -0.15) is 5.10 Å². The number of amides is 1. The molecule has 0 radical (unpaired) electrons. The van der Waals surface area contributed by atoms with Crippen molar-refractivity contribution in [3.63, 3.8) is 0 Å². The van der Waals surface area contributed by atoms with Crippen molar-refractivity contribution < 1.29 is 9.59 Å². The predicted molar refractivity (Wildman–Crippen MR) is 109 cm³/mol. The number of carbonyl (C=O) groups is 2. The van der Waals surface area contributed by atoms with Gasteiger partial charge in [0.1, 0.15) is 6.29 Å². The number of carbonyl (C=O) groups excluding carboxylic acids is 2. The highest BCUT2D eigenvalue weighted by Crippen LogP contribution is 2.27. The molecule has 1 fully saturated rings. The van der Waals surface area contributed by atoms with Crippen LogP contribution in [0.5, 0.6) is 0 Å². The lowest BCUT2D eigenvalue weighted by Gasteiger charge is -2.33. The molecule has 0 aliphatic carbocycles. The molecule has 7 heteroatoms. The fourth-order valence-corrected chi connectivity index (χ4v) is 3.82. The van der Waals surface area contributed by atoms with Crippen molar-refractivity contribution in [1.82, 2.24) is 10.2 Å². The first-order valence-electron chi connectivity index (χ1n) is 8.89. The second kappa shape index (κ2) is 7.52. The van der Waals surface area contributed by atoms with Crippen molar-refractivity contribution in [2.45, 2.75) is 12.8 Å². The SMILES string of the molecule is O=Cc1ccc(N2CCC(C(=O)Nc3n[nH]c4ccc(Br)cc34)CC2)cc1. The molecule has 1 amide bonds. The molecule has 0 spiro atoms. The van der Waals surface area contributed by atoms with Crippen molar-refractivity contribution >= 4 is 50.5 Å². The summed E-state index contributed by atoms with van der Waals surface area (Å²) in [6, 6.07) is 13.4. The first kappa shape index (κ1) is 17.7. The summed E-state index contributed by atoms with van der Waals surface area (Å²) < 4.78 is 0.945. The molecule has 0 atom stereocenters. The lowest BCUT2D eigenvalue weighted by molar-refractivity contribution is -0.120. The monoisotopic (exact) mass is 426 g/mol. The highest BCUT2D eigenvalue weighted by molar-refractivity contribution is 9.10. The van der Waals surface area contributed by atoms with Crippen LogP contribution in [0.2, 0.25) is 0 Å². The molecular formula is C20H19BrN4O2. The van der Waals surface area contributed by atoms with Gasteiger partial charge in [0.2, 0.25) is 5.91 Å². The van der Waals surface area contributed by atoms with E-state index in [9.17, 15) is 9.59 Å². The van der Waals surface area contributed by atoms with Gasteiger partial charge in [0, 0.05) is 40.1 Å². The number of aldehydes is 1. The number of nitrogens with one attached hydrogen (secondary N) is 2. The van der Waals surface area contributed by atoms with Crippen LogP contribution in [0.1, 0.15) is 23.2 Å². The Balaban J connectivity index is 1.39. The maximum Gasteiger partial charge on any atom is 0.228 e. The number of nitrogens with zero attached hydrogens (tertiary/aromatic N) is 2. The Morgan fingerprint density at radius 3 is 2.63 bits per heavy atom. The standard InChI is InChI=1S/C20H19BrN4O2/c21-15-3-6-18-17(11-15)19(24-23-18)22-20(27)14-7-9-25(10-8-14)16-4-1-13(12-26)2-5-16/h1-6,11-12,14H,7-10H2,(H2,22,23,24,27). The summed E-state index contributed by atoms with van der Waals surface area (Å²) in [6.07, 6.45) is 2.41. The van der Waals surface area contributed by atoms with E-state index in [1.54, 1.807) is 0 Å². The minimum absolute atomic E-state index is 0.0133. The smallest absolute Gasteiger partial charge is 0.228 e. The summed E-state index contributed by atoms with van der Waals surface area (Å²) in [7, 11) is 0. The second-order valence-corrected chi connectivity index (χ2v) is 7.64. The number of fused-ring (bicyclic) bond motifs is 1. The molecule has 2 heterocycles. The number of anilines is 2. The first-order valence-corrected chi connectivity index (χ1v) is 9.68. The summed E-state index contributed by atoms with van der Waals surface area (Å²) in [5, 5.41) is 11.0. The highest BCUT2D eigenvalue weighted by Gasteiger charge is 2.26. The summed E-state index contributed by atoms with van der Waals surface area (Å²) in [5.74, 6) is 0.553. The van der Waals surface area contributed by atoms with E-state index in [0.29, 0.717) is 11.4 Å². The van der Waals surface area contributed by atoms with E-state index < -0.39 is 0 Å². The van der Waals surface area contributed by atoms with Gasteiger partial charge < -0.3 is 10.2 Å². The van der Waals surface area contributed by atoms with Gasteiger partial charge in [-0.05, 0) is 55.3 Å². The van der Waals surface area contributed by atoms with E-state index in [-0.39, 0.29) is 11.8 Å². The van der Waals surface area contributed by atoms with Crippen molar-refractivity contribution in [3.8, 4) is 0 Å². The van der Waals surface area contributed by atoms with Gasteiger partial charge in [0.15, 0.2) is 5.82 Å². The fourth-order valence-electron chi connectivity index (χ4n) is 3.46. The molecule has 0 unspecified atom stereocenters. The number of halogens is 1. The lowest BCUT2D eigenvalue weighted by atomic mass is 9.95. The Morgan fingerprint density at radius 1 is 1.19 bits per heavy atom. The van der Waals surface area contributed by atoms with E-state index >= 15 is 0 Å². The number of H-pyrrole nitrogens is 1. The number of hydrogen-bond donors (Lipinski definition) is 2. The average molecular weight is 427 g/mol. The van der Waals surface area contributed by atoms with Crippen LogP contribution in [0.15, 0.2) is 46.9 Å². The molecule has 1 aromatic heterocycles. The van der Waals surface area contributed by atoms with Crippen LogP contribution in [-0.2, 0) is 4.79 Å². The molecular weight excluding hydrogens is 408 g/mol. The quantitative estimate of drug-likeness (QED) is 0.618. The zero-order valence-electron chi connectivity index (χ0n) is 14.6. The van der Waals surface area contributed by atoms with Crippen LogP contribution < -0.4 is 10.2 Å². The Bertz CT molecular complexity index is 975. The number of piperidine rings is 1. The van der Waals surface area contributed by atoms with Crippen molar-refractivity contribution in [1.29, 1.82) is 0 Å². The summed E-state index contributed by atoms with van der Waals surface area (Å²) in [5.41, 5.74) is 2.65. The lowest BCUT2D eigenvalue weighted by Crippen LogP contribution is -2.38. The first-order chi connectivity index (χ1) is 13.1. The normalized spacial score (nSPS) is 15.1. The van der Waals surface area contributed by atoms with Crippen LogP contribution in [0, 0.1) is 5.92 Å². The van der Waals surface area contributed by atoms with Crippen LogP contribution in [0.3, 0.4) is 0 Å². The molecule has 138 valence electrons. The van der Waals surface area contributed by atoms with E-state index in [1.165, 1.54) is 0 Å². The maximum absolute atomic E-state index is 12.7. The predicted octanol–water partition coefficient (Wildman–Crippen LogP) is 3.99. The molecule has 1 aliphatic rings. The Morgan fingerprint density at radius 2 is 1.93 bits per heavy atom. The number of benzene rings is 2. The van der Waals surface area contributed by atoms with Gasteiger partial charge >= 0.3 is 0 Å². The Kier molecular flexibility index (Phi) is 4.94. The van der Waals surface area contributed by atoms with Crippen molar-refractivity contribution in [2.75, 3.05) is 23.3 Å². The maximum atomic E-state index is 12.7. The third-order valence-corrected chi connectivity index (χ3v) is 5.52. The molecule has 4 rings (SSSR count). The third kappa shape index (κ3) is 3.73. The number of hydrogen-bond acceptors (Lipinski definition) is 4. The van der Waals surface area contributed by atoms with Gasteiger partial charge in [-0.1, -0.05) is 15.9 Å². The van der Waals surface area contributed by atoms with E-state index in [0.717, 1.165) is 53.3 Å². The molecule has 0 saturated carbocycles. The molecule has 3 aromatic rings. The fraction of sp³-hybridized carbons (Fsp3) is 0.250.